The number of amides is 2. The molecule has 184 valence electrons. The molecule has 2 heterocycles. The maximum Gasteiger partial charge on any atom is 0.294 e. The largest absolute Gasteiger partial charge is 0.503 e. The maximum absolute atomic E-state index is 13.7. The Hall–Kier alpha value is -4.20. The topological polar surface area (TPSA) is 113 Å². The summed E-state index contributed by atoms with van der Waals surface area (Å²) in [6, 6.07) is 14.7. The number of carbonyl (C=O) groups is 3. The Morgan fingerprint density at radius 1 is 0.972 bits per heavy atom. The van der Waals surface area contributed by atoms with Gasteiger partial charge in [-0.25, -0.2) is 0 Å². The van der Waals surface area contributed by atoms with Gasteiger partial charge in [-0.2, -0.15) is 0 Å². The number of hydrogen-bond acceptors (Lipinski definition) is 6. The molecule has 2 aliphatic rings. The Kier molecular flexibility index (Phi) is 6.41. The van der Waals surface area contributed by atoms with Crippen LogP contribution in [0.1, 0.15) is 52.8 Å². The first kappa shape index (κ1) is 23.5. The summed E-state index contributed by atoms with van der Waals surface area (Å²) in [6.07, 6.45) is 6.36. The summed E-state index contributed by atoms with van der Waals surface area (Å²) in [7, 11) is 1.54. The fourth-order valence-electron chi connectivity index (χ4n) is 5.27. The van der Waals surface area contributed by atoms with Gasteiger partial charge in [-0.3, -0.25) is 19.3 Å². The number of anilines is 1. The van der Waals surface area contributed by atoms with Gasteiger partial charge in [0.15, 0.2) is 11.5 Å². The summed E-state index contributed by atoms with van der Waals surface area (Å²) >= 11 is 0. The van der Waals surface area contributed by atoms with Gasteiger partial charge >= 0.3 is 0 Å². The molecule has 0 spiro atoms. The predicted molar refractivity (Wildman–Crippen MR) is 134 cm³/mol. The molecule has 1 fully saturated rings. The number of carbonyl (C=O) groups excluding carboxylic acids is 3. The SMILES string of the molecule is CNC(=O)c1ccc(C(=O)C2=C(O)C(=O)N(c3ccc(-c4ccon4)cc3)C2C2CCCCC2)cc1. The lowest BCUT2D eigenvalue weighted by Gasteiger charge is -2.35. The molecule has 1 saturated carbocycles. The third-order valence-electron chi connectivity index (χ3n) is 7.11. The first-order valence-corrected chi connectivity index (χ1v) is 12.1. The van der Waals surface area contributed by atoms with E-state index in [1.165, 1.54) is 13.3 Å². The Labute approximate surface area is 208 Å². The fourth-order valence-corrected chi connectivity index (χ4v) is 5.27. The van der Waals surface area contributed by atoms with E-state index in [1.807, 2.05) is 12.1 Å². The zero-order valence-corrected chi connectivity index (χ0v) is 19.9. The van der Waals surface area contributed by atoms with E-state index in [2.05, 4.69) is 10.5 Å². The molecule has 3 aromatic rings. The van der Waals surface area contributed by atoms with Crippen LogP contribution in [0.3, 0.4) is 0 Å². The number of nitrogens with zero attached hydrogens (tertiary/aromatic N) is 2. The molecule has 1 aliphatic heterocycles. The van der Waals surface area contributed by atoms with Crippen LogP contribution in [0.4, 0.5) is 5.69 Å². The van der Waals surface area contributed by atoms with Crippen molar-refractivity contribution in [2.45, 2.75) is 38.1 Å². The molecule has 0 saturated heterocycles. The summed E-state index contributed by atoms with van der Waals surface area (Å²) < 4.78 is 4.92. The Balaban J connectivity index is 1.51. The van der Waals surface area contributed by atoms with Gasteiger partial charge in [0.1, 0.15) is 12.0 Å². The normalized spacial score (nSPS) is 18.5. The Bertz CT molecular complexity index is 1300. The average Bonchev–Trinajstić information content (AvgIpc) is 3.56. The van der Waals surface area contributed by atoms with Crippen molar-refractivity contribution in [3.63, 3.8) is 0 Å². The molecular formula is C28H27N3O5. The minimum atomic E-state index is -0.579. The van der Waals surface area contributed by atoms with Gasteiger partial charge in [0.2, 0.25) is 0 Å². The molecule has 8 nitrogen and oxygen atoms in total. The highest BCUT2D eigenvalue weighted by Crippen LogP contribution is 2.41. The molecule has 0 radical (unpaired) electrons. The molecule has 2 amide bonds. The van der Waals surface area contributed by atoms with E-state index in [0.29, 0.717) is 22.5 Å². The van der Waals surface area contributed by atoms with E-state index in [-0.39, 0.29) is 17.4 Å². The van der Waals surface area contributed by atoms with Gasteiger partial charge in [-0.15, -0.1) is 0 Å². The highest BCUT2D eigenvalue weighted by Gasteiger charge is 2.47. The predicted octanol–water partition coefficient (Wildman–Crippen LogP) is 4.69. The molecule has 1 atom stereocenters. The zero-order chi connectivity index (χ0) is 25.2. The molecule has 8 heteroatoms. The molecule has 1 unspecified atom stereocenters. The van der Waals surface area contributed by atoms with E-state index >= 15 is 0 Å². The molecule has 36 heavy (non-hydrogen) atoms. The van der Waals surface area contributed by atoms with Crippen molar-refractivity contribution in [3.05, 3.63) is 83.3 Å². The summed E-state index contributed by atoms with van der Waals surface area (Å²) in [5.74, 6) is -1.70. The van der Waals surface area contributed by atoms with Crippen molar-refractivity contribution in [1.82, 2.24) is 10.5 Å². The van der Waals surface area contributed by atoms with Crippen LogP contribution < -0.4 is 10.2 Å². The van der Waals surface area contributed by atoms with Crippen LogP contribution in [0.15, 0.2) is 76.7 Å². The second kappa shape index (κ2) is 9.81. The highest BCUT2D eigenvalue weighted by atomic mass is 16.5. The highest BCUT2D eigenvalue weighted by molar-refractivity contribution is 6.21. The van der Waals surface area contributed by atoms with Crippen molar-refractivity contribution < 1.29 is 24.0 Å². The standard InChI is InChI=1S/C28H27N3O5/c1-29-27(34)20-9-7-19(8-10-20)25(32)23-24(18-5-3-2-4-6-18)31(28(35)26(23)33)21-13-11-17(12-14-21)22-15-16-36-30-22/h7-16,18,24,33H,2-6H2,1H3,(H,29,34). The van der Waals surface area contributed by atoms with E-state index in [9.17, 15) is 19.5 Å². The third-order valence-corrected chi connectivity index (χ3v) is 7.11. The molecule has 1 aliphatic carbocycles. The number of hydrogen-bond donors (Lipinski definition) is 2. The lowest BCUT2D eigenvalue weighted by atomic mass is 9.79. The van der Waals surface area contributed by atoms with Gasteiger partial charge < -0.3 is 14.9 Å². The summed E-state index contributed by atoms with van der Waals surface area (Å²) in [6.45, 7) is 0. The third kappa shape index (κ3) is 4.19. The molecule has 5 rings (SSSR count). The van der Waals surface area contributed by atoms with Crippen LogP contribution in [0.25, 0.3) is 11.3 Å². The van der Waals surface area contributed by atoms with E-state index < -0.39 is 23.5 Å². The molecular weight excluding hydrogens is 458 g/mol. The minimum Gasteiger partial charge on any atom is -0.503 e. The van der Waals surface area contributed by atoms with Gasteiger partial charge in [-0.1, -0.05) is 48.7 Å². The van der Waals surface area contributed by atoms with E-state index in [0.717, 1.165) is 37.7 Å². The second-order valence-electron chi connectivity index (χ2n) is 9.20. The van der Waals surface area contributed by atoms with Crippen LogP contribution in [0.2, 0.25) is 0 Å². The number of nitrogens with one attached hydrogen (secondary N) is 1. The van der Waals surface area contributed by atoms with Crippen molar-refractivity contribution in [1.29, 1.82) is 0 Å². The minimum absolute atomic E-state index is 0.0478. The van der Waals surface area contributed by atoms with Crippen LogP contribution in [-0.2, 0) is 4.79 Å². The lowest BCUT2D eigenvalue weighted by molar-refractivity contribution is -0.117. The van der Waals surface area contributed by atoms with Crippen LogP contribution in [0.5, 0.6) is 0 Å². The summed E-state index contributed by atoms with van der Waals surface area (Å²) in [4.78, 5) is 40.5. The number of aliphatic hydroxyl groups excluding tert-OH is 1. The Morgan fingerprint density at radius 2 is 1.64 bits per heavy atom. The first-order valence-electron chi connectivity index (χ1n) is 12.1. The quantitative estimate of drug-likeness (QED) is 0.490. The molecule has 2 N–H and O–H groups in total. The van der Waals surface area contributed by atoms with Crippen LogP contribution in [0, 0.1) is 5.92 Å². The maximum atomic E-state index is 13.7. The second-order valence-corrected chi connectivity index (χ2v) is 9.20. The van der Waals surface area contributed by atoms with Crippen molar-refractivity contribution in [2.75, 3.05) is 11.9 Å². The van der Waals surface area contributed by atoms with Gasteiger partial charge in [0.25, 0.3) is 11.8 Å². The molecule has 0 bridgehead atoms. The van der Waals surface area contributed by atoms with Crippen molar-refractivity contribution >= 4 is 23.3 Å². The van der Waals surface area contributed by atoms with Crippen molar-refractivity contribution in [2.24, 2.45) is 5.92 Å². The smallest absolute Gasteiger partial charge is 0.294 e. The number of benzene rings is 2. The molecule has 1 aromatic heterocycles. The van der Waals surface area contributed by atoms with Gasteiger partial charge in [-0.05, 0) is 43.0 Å². The van der Waals surface area contributed by atoms with Gasteiger partial charge in [0, 0.05) is 35.5 Å². The number of ketones is 1. The summed E-state index contributed by atoms with van der Waals surface area (Å²) in [5, 5.41) is 17.5. The zero-order valence-electron chi connectivity index (χ0n) is 19.9. The number of Topliss-reactive ketones (excluding diaryl/α,β-unsaturated/α-hetero) is 1. The van der Waals surface area contributed by atoms with Crippen molar-refractivity contribution in [3.8, 4) is 11.3 Å². The number of rotatable bonds is 6. The van der Waals surface area contributed by atoms with Crippen LogP contribution in [-0.4, -0.2) is 41.0 Å². The number of aromatic nitrogens is 1. The average molecular weight is 486 g/mol. The Morgan fingerprint density at radius 3 is 2.25 bits per heavy atom. The van der Waals surface area contributed by atoms with E-state index in [1.54, 1.807) is 47.4 Å². The fraction of sp³-hybridized carbons (Fsp3) is 0.286. The molecule has 2 aromatic carbocycles. The first-order chi connectivity index (χ1) is 17.5. The van der Waals surface area contributed by atoms with E-state index in [4.69, 9.17) is 4.52 Å². The summed E-state index contributed by atoms with van der Waals surface area (Å²) in [5.41, 5.74) is 2.98. The lowest BCUT2D eigenvalue weighted by Crippen LogP contribution is -2.42. The van der Waals surface area contributed by atoms with Gasteiger partial charge in [0.05, 0.1) is 11.6 Å². The number of aliphatic hydroxyl groups is 1. The monoisotopic (exact) mass is 485 g/mol. The van der Waals surface area contributed by atoms with Crippen LogP contribution >= 0.6 is 0 Å².